The molecule has 2 heterocycles. The van der Waals surface area contributed by atoms with Gasteiger partial charge in [0.15, 0.2) is 5.16 Å². The van der Waals surface area contributed by atoms with Crippen LogP contribution in [0, 0.1) is 0 Å². The van der Waals surface area contributed by atoms with E-state index in [4.69, 9.17) is 4.74 Å². The molecule has 162 valence electrons. The van der Waals surface area contributed by atoms with Crippen molar-refractivity contribution < 1.29 is 9.53 Å². The lowest BCUT2D eigenvalue weighted by molar-refractivity contribution is -0.118. The van der Waals surface area contributed by atoms with Gasteiger partial charge in [-0.1, -0.05) is 49.9 Å². The normalized spacial score (nSPS) is 17.4. The Morgan fingerprint density at radius 1 is 1.20 bits per heavy atom. The van der Waals surface area contributed by atoms with Gasteiger partial charge in [0.25, 0.3) is 0 Å². The van der Waals surface area contributed by atoms with Gasteiger partial charge in [0.05, 0.1) is 19.0 Å². The monoisotopic (exact) mass is 429 g/mol. The first kappa shape index (κ1) is 21.3. The van der Waals surface area contributed by atoms with Crippen LogP contribution < -0.4 is 5.32 Å². The number of nitrogens with zero attached hydrogens (tertiary/aromatic N) is 4. The molecule has 1 aliphatic carbocycles. The van der Waals surface area contributed by atoms with Crippen molar-refractivity contribution in [3.63, 3.8) is 0 Å². The van der Waals surface area contributed by atoms with Crippen LogP contribution in [0.4, 0.5) is 0 Å². The molecule has 2 fully saturated rings. The molecule has 1 aliphatic heterocycles. The Morgan fingerprint density at radius 2 is 1.93 bits per heavy atom. The highest BCUT2D eigenvalue weighted by Crippen LogP contribution is 2.40. The lowest BCUT2D eigenvalue weighted by atomic mass is 10.1. The van der Waals surface area contributed by atoms with Gasteiger partial charge in [-0.05, 0) is 24.0 Å². The standard InChI is InChI=1S/C22H31N5O2S/c1-16(2)21-24-25-22(27(21)19-7-8-19)30-15-20(28)23-13-17-5-3-4-6-18(17)14-26-9-11-29-12-10-26/h3-6,16,19H,7-15H2,1-2H3,(H,23,28). The molecule has 8 heteroatoms. The van der Waals surface area contributed by atoms with Crippen molar-refractivity contribution in [1.29, 1.82) is 0 Å². The minimum absolute atomic E-state index is 0.0256. The molecule has 0 unspecified atom stereocenters. The summed E-state index contributed by atoms with van der Waals surface area (Å²) in [5.74, 6) is 1.74. The largest absolute Gasteiger partial charge is 0.379 e. The molecule has 1 amide bonds. The first-order valence-corrected chi connectivity index (χ1v) is 11.8. The number of morpholine rings is 1. The summed E-state index contributed by atoms with van der Waals surface area (Å²) in [4.78, 5) is 14.9. The zero-order valence-electron chi connectivity index (χ0n) is 17.8. The van der Waals surface area contributed by atoms with Crippen LogP contribution >= 0.6 is 11.8 Å². The highest BCUT2D eigenvalue weighted by molar-refractivity contribution is 7.99. The predicted octanol–water partition coefficient (Wildman–Crippen LogP) is 2.98. The minimum Gasteiger partial charge on any atom is -0.379 e. The number of hydrogen-bond acceptors (Lipinski definition) is 6. The number of thioether (sulfide) groups is 1. The van der Waals surface area contributed by atoms with Gasteiger partial charge in [-0.3, -0.25) is 9.69 Å². The lowest BCUT2D eigenvalue weighted by Gasteiger charge is -2.27. The first-order valence-electron chi connectivity index (χ1n) is 10.8. The molecule has 7 nitrogen and oxygen atoms in total. The molecule has 1 saturated carbocycles. The molecule has 1 saturated heterocycles. The molecule has 1 N–H and O–H groups in total. The molecule has 1 aromatic heterocycles. The van der Waals surface area contributed by atoms with Crippen LogP contribution in [0.5, 0.6) is 0 Å². The summed E-state index contributed by atoms with van der Waals surface area (Å²) < 4.78 is 7.68. The minimum atomic E-state index is 0.0256. The summed E-state index contributed by atoms with van der Waals surface area (Å²) in [6.07, 6.45) is 2.36. The average Bonchev–Trinajstić information content (AvgIpc) is 3.50. The number of hydrogen-bond donors (Lipinski definition) is 1. The molecule has 0 bridgehead atoms. The fourth-order valence-electron chi connectivity index (χ4n) is 3.72. The molecule has 0 atom stereocenters. The molecule has 2 aromatic rings. The third-order valence-electron chi connectivity index (χ3n) is 5.54. The van der Waals surface area contributed by atoms with Crippen LogP contribution in [-0.4, -0.2) is 57.6 Å². The van der Waals surface area contributed by atoms with Crippen LogP contribution in [0.2, 0.25) is 0 Å². The van der Waals surface area contributed by atoms with E-state index in [9.17, 15) is 4.79 Å². The Balaban J connectivity index is 1.30. The first-order chi connectivity index (χ1) is 14.6. The maximum Gasteiger partial charge on any atom is 0.230 e. The molecule has 0 spiro atoms. The van der Waals surface area contributed by atoms with Crippen LogP contribution in [0.1, 0.15) is 55.6 Å². The number of aromatic nitrogens is 3. The Kier molecular flexibility index (Phi) is 7.07. The Morgan fingerprint density at radius 3 is 2.63 bits per heavy atom. The van der Waals surface area contributed by atoms with Crippen LogP contribution in [0.25, 0.3) is 0 Å². The van der Waals surface area contributed by atoms with Crippen molar-refractivity contribution in [3.05, 3.63) is 41.2 Å². The van der Waals surface area contributed by atoms with Crippen molar-refractivity contribution in [1.82, 2.24) is 25.0 Å². The van der Waals surface area contributed by atoms with Gasteiger partial charge in [-0.15, -0.1) is 10.2 Å². The van der Waals surface area contributed by atoms with Crippen molar-refractivity contribution in [2.24, 2.45) is 0 Å². The van der Waals surface area contributed by atoms with Gasteiger partial charge in [0.2, 0.25) is 5.91 Å². The Hall–Kier alpha value is -1.90. The molecule has 2 aliphatic rings. The summed E-state index contributed by atoms with van der Waals surface area (Å²) in [5, 5.41) is 12.7. The number of nitrogens with one attached hydrogen (secondary N) is 1. The van der Waals surface area contributed by atoms with E-state index in [2.05, 4.69) is 57.0 Å². The second-order valence-electron chi connectivity index (χ2n) is 8.32. The van der Waals surface area contributed by atoms with E-state index in [1.54, 1.807) is 0 Å². The van der Waals surface area contributed by atoms with Gasteiger partial charge in [0, 0.05) is 38.1 Å². The van der Waals surface area contributed by atoms with Crippen molar-refractivity contribution >= 4 is 17.7 Å². The number of amides is 1. The van der Waals surface area contributed by atoms with E-state index in [1.165, 1.54) is 35.7 Å². The molecular weight excluding hydrogens is 398 g/mol. The van der Waals surface area contributed by atoms with Gasteiger partial charge in [-0.25, -0.2) is 0 Å². The van der Waals surface area contributed by atoms with E-state index in [0.29, 0.717) is 24.3 Å². The van der Waals surface area contributed by atoms with E-state index in [0.717, 1.165) is 43.8 Å². The molecule has 4 rings (SSSR count). The third kappa shape index (κ3) is 5.42. The fraction of sp³-hybridized carbons (Fsp3) is 0.591. The zero-order chi connectivity index (χ0) is 20.9. The molecule has 0 radical (unpaired) electrons. The van der Waals surface area contributed by atoms with Gasteiger partial charge < -0.3 is 14.6 Å². The summed E-state index contributed by atoms with van der Waals surface area (Å²) in [7, 11) is 0. The fourth-order valence-corrected chi connectivity index (χ4v) is 4.56. The predicted molar refractivity (Wildman–Crippen MR) is 117 cm³/mol. The lowest BCUT2D eigenvalue weighted by Crippen LogP contribution is -2.36. The Bertz CT molecular complexity index is 859. The maximum absolute atomic E-state index is 12.5. The summed E-state index contributed by atoms with van der Waals surface area (Å²) in [5.41, 5.74) is 2.44. The van der Waals surface area contributed by atoms with E-state index < -0.39 is 0 Å². The molecule has 1 aromatic carbocycles. The smallest absolute Gasteiger partial charge is 0.230 e. The van der Waals surface area contributed by atoms with Crippen LogP contribution in [-0.2, 0) is 22.6 Å². The van der Waals surface area contributed by atoms with E-state index in [1.807, 2.05) is 6.07 Å². The highest BCUT2D eigenvalue weighted by Gasteiger charge is 2.30. The van der Waals surface area contributed by atoms with Crippen molar-refractivity contribution in [3.8, 4) is 0 Å². The SMILES string of the molecule is CC(C)c1nnc(SCC(=O)NCc2ccccc2CN2CCOCC2)n1C1CC1. The molecular formula is C22H31N5O2S. The summed E-state index contributed by atoms with van der Waals surface area (Å²) in [6.45, 7) is 9.21. The maximum atomic E-state index is 12.5. The molecule has 30 heavy (non-hydrogen) atoms. The van der Waals surface area contributed by atoms with Crippen molar-refractivity contribution in [2.45, 2.75) is 56.9 Å². The third-order valence-corrected chi connectivity index (χ3v) is 6.49. The number of benzene rings is 1. The summed E-state index contributed by atoms with van der Waals surface area (Å²) >= 11 is 1.48. The average molecular weight is 430 g/mol. The van der Waals surface area contributed by atoms with E-state index in [-0.39, 0.29) is 5.91 Å². The number of carbonyl (C=O) groups excluding carboxylic acids is 1. The Labute approximate surface area is 182 Å². The number of carbonyl (C=O) groups is 1. The van der Waals surface area contributed by atoms with Crippen LogP contribution in [0.15, 0.2) is 29.4 Å². The van der Waals surface area contributed by atoms with E-state index >= 15 is 0 Å². The van der Waals surface area contributed by atoms with Crippen LogP contribution in [0.3, 0.4) is 0 Å². The number of ether oxygens (including phenoxy) is 1. The highest BCUT2D eigenvalue weighted by atomic mass is 32.2. The summed E-state index contributed by atoms with van der Waals surface area (Å²) in [6, 6.07) is 8.85. The van der Waals surface area contributed by atoms with Gasteiger partial charge >= 0.3 is 0 Å². The van der Waals surface area contributed by atoms with Gasteiger partial charge in [0.1, 0.15) is 5.82 Å². The van der Waals surface area contributed by atoms with Gasteiger partial charge in [-0.2, -0.15) is 0 Å². The topological polar surface area (TPSA) is 72.3 Å². The quantitative estimate of drug-likeness (QED) is 0.618. The van der Waals surface area contributed by atoms with Crippen molar-refractivity contribution in [2.75, 3.05) is 32.1 Å². The second kappa shape index (κ2) is 9.94. The zero-order valence-corrected chi connectivity index (χ0v) is 18.7. The second-order valence-corrected chi connectivity index (χ2v) is 9.26. The number of rotatable bonds is 9.